The lowest BCUT2D eigenvalue weighted by molar-refractivity contribution is -0.113. The fourth-order valence-electron chi connectivity index (χ4n) is 3.30. The maximum atomic E-state index is 12.1. The number of nitrogens with zero attached hydrogens (tertiary/aromatic N) is 2. The van der Waals surface area contributed by atoms with E-state index in [-0.39, 0.29) is 5.91 Å². The maximum absolute atomic E-state index is 12.1. The van der Waals surface area contributed by atoms with Gasteiger partial charge in [0.25, 0.3) is 0 Å². The number of benzene rings is 1. The minimum Gasteiger partial charge on any atom is -0.325 e. The van der Waals surface area contributed by atoms with Gasteiger partial charge in [0.05, 0.1) is 5.75 Å². The second kappa shape index (κ2) is 7.83. The molecule has 1 aliphatic carbocycles. The molecule has 1 heterocycles. The molecule has 128 valence electrons. The van der Waals surface area contributed by atoms with Crippen molar-refractivity contribution in [1.82, 2.24) is 15.2 Å². The number of aromatic nitrogens is 3. The van der Waals surface area contributed by atoms with Crippen LogP contribution in [0.3, 0.4) is 0 Å². The van der Waals surface area contributed by atoms with E-state index in [4.69, 9.17) is 0 Å². The summed E-state index contributed by atoms with van der Waals surface area (Å²) in [5, 5.41) is 10.8. The van der Waals surface area contributed by atoms with Crippen LogP contribution in [0.2, 0.25) is 0 Å². The van der Waals surface area contributed by atoms with E-state index in [1.54, 1.807) is 0 Å². The normalized spacial score (nSPS) is 14.9. The second-order valence-corrected chi connectivity index (χ2v) is 7.58. The Morgan fingerprint density at radius 2 is 1.96 bits per heavy atom. The van der Waals surface area contributed by atoms with Crippen molar-refractivity contribution in [3.05, 3.63) is 35.2 Å². The highest BCUT2D eigenvalue weighted by atomic mass is 32.2. The Balaban J connectivity index is 1.48. The molecule has 1 amide bonds. The van der Waals surface area contributed by atoms with Gasteiger partial charge in [-0.2, -0.15) is 0 Å². The van der Waals surface area contributed by atoms with Gasteiger partial charge in [0, 0.05) is 12.1 Å². The van der Waals surface area contributed by atoms with Crippen LogP contribution in [-0.4, -0.2) is 26.8 Å². The highest BCUT2D eigenvalue weighted by Crippen LogP contribution is 2.27. The zero-order chi connectivity index (χ0) is 16.9. The number of hydrogen-bond donors (Lipinski definition) is 2. The number of nitrogens with one attached hydrogen (secondary N) is 2. The van der Waals surface area contributed by atoms with E-state index in [1.165, 1.54) is 37.4 Å². The van der Waals surface area contributed by atoms with Gasteiger partial charge in [-0.05, 0) is 43.0 Å². The number of rotatable bonds is 6. The number of aromatic amines is 1. The lowest BCUT2D eigenvalue weighted by Crippen LogP contribution is -2.14. The number of carbonyl (C=O) groups excluding carboxylic acids is 1. The van der Waals surface area contributed by atoms with Gasteiger partial charge in [-0.3, -0.25) is 9.89 Å². The topological polar surface area (TPSA) is 70.7 Å². The fraction of sp³-hybridized carbons (Fsp3) is 0.500. The zero-order valence-electron chi connectivity index (χ0n) is 14.3. The molecule has 1 aromatic carbocycles. The Bertz CT molecular complexity index is 687. The minimum absolute atomic E-state index is 0.0351. The van der Waals surface area contributed by atoms with E-state index >= 15 is 0 Å². The molecular formula is C18H24N4OS. The third kappa shape index (κ3) is 4.84. The van der Waals surface area contributed by atoms with E-state index in [1.807, 2.05) is 26.0 Å². The average Bonchev–Trinajstić information content (AvgIpc) is 3.16. The summed E-state index contributed by atoms with van der Waals surface area (Å²) in [7, 11) is 0. The van der Waals surface area contributed by atoms with Gasteiger partial charge in [0.2, 0.25) is 11.1 Å². The van der Waals surface area contributed by atoms with Gasteiger partial charge >= 0.3 is 0 Å². The summed E-state index contributed by atoms with van der Waals surface area (Å²) in [6.07, 6.45) is 6.23. The van der Waals surface area contributed by atoms with Crippen molar-refractivity contribution in [1.29, 1.82) is 0 Å². The Kier molecular flexibility index (Phi) is 5.56. The monoisotopic (exact) mass is 344 g/mol. The Morgan fingerprint density at radius 3 is 2.67 bits per heavy atom. The van der Waals surface area contributed by atoms with E-state index in [9.17, 15) is 4.79 Å². The van der Waals surface area contributed by atoms with Crippen molar-refractivity contribution < 1.29 is 4.79 Å². The van der Waals surface area contributed by atoms with Crippen molar-refractivity contribution in [3.63, 3.8) is 0 Å². The molecule has 3 rings (SSSR count). The zero-order valence-corrected chi connectivity index (χ0v) is 15.1. The molecule has 0 unspecified atom stereocenters. The van der Waals surface area contributed by atoms with Gasteiger partial charge in [-0.1, -0.05) is 43.5 Å². The number of thioether (sulfide) groups is 1. The third-order valence-corrected chi connectivity index (χ3v) is 5.15. The maximum Gasteiger partial charge on any atom is 0.234 e. The first-order valence-electron chi connectivity index (χ1n) is 8.51. The molecule has 0 atom stereocenters. The van der Waals surface area contributed by atoms with Gasteiger partial charge in [0.15, 0.2) is 0 Å². The number of amides is 1. The molecule has 24 heavy (non-hydrogen) atoms. The highest BCUT2D eigenvalue weighted by molar-refractivity contribution is 7.99. The molecular weight excluding hydrogens is 320 g/mol. The van der Waals surface area contributed by atoms with Gasteiger partial charge in [0.1, 0.15) is 5.82 Å². The molecule has 6 heteroatoms. The van der Waals surface area contributed by atoms with E-state index in [0.29, 0.717) is 10.9 Å². The molecule has 1 aromatic heterocycles. The largest absolute Gasteiger partial charge is 0.325 e. The van der Waals surface area contributed by atoms with Crippen molar-refractivity contribution in [3.8, 4) is 0 Å². The number of carbonyl (C=O) groups is 1. The predicted octanol–water partition coefficient (Wildman–Crippen LogP) is 3.89. The molecule has 0 radical (unpaired) electrons. The average molecular weight is 344 g/mol. The molecule has 5 nitrogen and oxygen atoms in total. The Labute approximate surface area is 147 Å². The SMILES string of the molecule is Cc1cc(C)cc(NC(=O)CSc2n[nH]c(CC3CCCC3)n2)c1. The van der Waals surface area contributed by atoms with Crippen LogP contribution in [0.15, 0.2) is 23.4 Å². The quantitative estimate of drug-likeness (QED) is 0.780. The van der Waals surface area contributed by atoms with Crippen molar-refractivity contribution >= 4 is 23.4 Å². The summed E-state index contributed by atoms with van der Waals surface area (Å²) in [5.74, 6) is 1.96. The van der Waals surface area contributed by atoms with E-state index in [2.05, 4.69) is 26.6 Å². The number of anilines is 1. The summed E-state index contributed by atoms with van der Waals surface area (Å²) >= 11 is 1.37. The Hall–Kier alpha value is -1.82. The number of aryl methyl sites for hydroxylation is 2. The number of hydrogen-bond acceptors (Lipinski definition) is 4. The summed E-state index contributed by atoms with van der Waals surface area (Å²) in [6, 6.07) is 6.04. The first-order valence-corrected chi connectivity index (χ1v) is 9.49. The molecule has 0 aliphatic heterocycles. The van der Waals surface area contributed by atoms with Gasteiger partial charge in [-0.15, -0.1) is 5.10 Å². The standard InChI is InChI=1S/C18H24N4OS/c1-12-7-13(2)9-15(8-12)19-17(23)11-24-18-20-16(21-22-18)10-14-5-3-4-6-14/h7-9,14H,3-6,10-11H2,1-2H3,(H,19,23)(H,20,21,22). The molecule has 1 fully saturated rings. The van der Waals surface area contributed by atoms with Crippen LogP contribution in [0, 0.1) is 19.8 Å². The highest BCUT2D eigenvalue weighted by Gasteiger charge is 2.17. The van der Waals surface area contributed by atoms with E-state index in [0.717, 1.165) is 35.0 Å². The fourth-order valence-corrected chi connectivity index (χ4v) is 3.91. The smallest absolute Gasteiger partial charge is 0.234 e. The molecule has 0 saturated heterocycles. The number of H-pyrrole nitrogens is 1. The lowest BCUT2D eigenvalue weighted by Gasteiger charge is -2.06. The molecule has 0 spiro atoms. The van der Waals surface area contributed by atoms with Crippen LogP contribution in [0.1, 0.15) is 42.6 Å². The van der Waals surface area contributed by atoms with Crippen LogP contribution in [0.25, 0.3) is 0 Å². The van der Waals surface area contributed by atoms with Crippen LogP contribution < -0.4 is 5.32 Å². The van der Waals surface area contributed by atoms with Crippen molar-refractivity contribution in [2.24, 2.45) is 5.92 Å². The summed E-state index contributed by atoms with van der Waals surface area (Å²) in [5.41, 5.74) is 3.13. The van der Waals surface area contributed by atoms with Crippen LogP contribution in [0.4, 0.5) is 5.69 Å². The molecule has 2 N–H and O–H groups in total. The molecule has 2 aromatic rings. The van der Waals surface area contributed by atoms with Crippen molar-refractivity contribution in [2.45, 2.75) is 51.1 Å². The first kappa shape index (κ1) is 17.0. The minimum atomic E-state index is -0.0351. The van der Waals surface area contributed by atoms with Crippen LogP contribution in [-0.2, 0) is 11.2 Å². The van der Waals surface area contributed by atoms with Crippen LogP contribution >= 0.6 is 11.8 Å². The first-order chi connectivity index (χ1) is 11.6. The molecule has 0 bridgehead atoms. The Morgan fingerprint density at radius 1 is 1.25 bits per heavy atom. The van der Waals surface area contributed by atoms with Crippen molar-refractivity contribution in [2.75, 3.05) is 11.1 Å². The van der Waals surface area contributed by atoms with Gasteiger partial charge in [-0.25, -0.2) is 4.98 Å². The lowest BCUT2D eigenvalue weighted by atomic mass is 10.0. The predicted molar refractivity (Wildman–Crippen MR) is 97.3 cm³/mol. The third-order valence-electron chi connectivity index (χ3n) is 4.31. The second-order valence-electron chi connectivity index (χ2n) is 6.63. The summed E-state index contributed by atoms with van der Waals surface area (Å²) in [6.45, 7) is 4.05. The summed E-state index contributed by atoms with van der Waals surface area (Å²) < 4.78 is 0. The van der Waals surface area contributed by atoms with Gasteiger partial charge < -0.3 is 5.32 Å². The molecule has 1 saturated carbocycles. The summed E-state index contributed by atoms with van der Waals surface area (Å²) in [4.78, 5) is 16.6. The molecule has 1 aliphatic rings. The van der Waals surface area contributed by atoms with E-state index < -0.39 is 0 Å². The van der Waals surface area contributed by atoms with Crippen LogP contribution in [0.5, 0.6) is 0 Å².